The lowest BCUT2D eigenvalue weighted by Gasteiger charge is -2.32. The van der Waals surface area contributed by atoms with Crippen molar-refractivity contribution >= 4 is 5.97 Å². The molecule has 2 aliphatic carbocycles. The van der Waals surface area contributed by atoms with Gasteiger partial charge in [-0.2, -0.15) is 0 Å². The molecule has 3 rings (SSSR count). The SMILES string of the molecule is CC1C2CC(C(=O)OC3COCOC3)C(C2)C1C. The Bertz CT molecular complexity index is 322. The van der Waals surface area contributed by atoms with Gasteiger partial charge in [-0.25, -0.2) is 0 Å². The topological polar surface area (TPSA) is 44.8 Å². The van der Waals surface area contributed by atoms with Crippen molar-refractivity contribution in [2.75, 3.05) is 20.0 Å². The molecular weight excluding hydrogens is 232 g/mol. The fraction of sp³-hybridized carbons (Fsp3) is 0.929. The molecule has 3 aliphatic rings. The van der Waals surface area contributed by atoms with Crippen LogP contribution in [0.2, 0.25) is 0 Å². The quantitative estimate of drug-likeness (QED) is 0.705. The maximum Gasteiger partial charge on any atom is 0.309 e. The minimum absolute atomic E-state index is 0.0275. The second-order valence-electron chi connectivity index (χ2n) is 6.14. The van der Waals surface area contributed by atoms with Crippen LogP contribution in [-0.4, -0.2) is 32.1 Å². The molecule has 1 heterocycles. The molecule has 2 saturated carbocycles. The van der Waals surface area contributed by atoms with Crippen LogP contribution in [0.1, 0.15) is 26.7 Å². The molecule has 5 atom stereocenters. The highest BCUT2D eigenvalue weighted by molar-refractivity contribution is 5.73. The van der Waals surface area contributed by atoms with Gasteiger partial charge >= 0.3 is 5.97 Å². The van der Waals surface area contributed by atoms with E-state index in [0.717, 1.165) is 18.3 Å². The van der Waals surface area contributed by atoms with E-state index in [0.29, 0.717) is 31.8 Å². The van der Waals surface area contributed by atoms with Crippen LogP contribution < -0.4 is 0 Å². The summed E-state index contributed by atoms with van der Waals surface area (Å²) in [6, 6.07) is 0. The van der Waals surface area contributed by atoms with Crippen molar-refractivity contribution in [3.05, 3.63) is 0 Å². The minimum Gasteiger partial charge on any atom is -0.457 e. The molecule has 0 aromatic carbocycles. The van der Waals surface area contributed by atoms with Gasteiger partial charge in [0, 0.05) is 0 Å². The third kappa shape index (κ3) is 2.05. The smallest absolute Gasteiger partial charge is 0.309 e. The average molecular weight is 254 g/mol. The molecule has 3 fully saturated rings. The normalized spacial score (nSPS) is 44.2. The second kappa shape index (κ2) is 4.82. The Labute approximate surface area is 108 Å². The van der Waals surface area contributed by atoms with Gasteiger partial charge in [-0.3, -0.25) is 4.79 Å². The van der Waals surface area contributed by atoms with Crippen molar-refractivity contribution in [2.24, 2.45) is 29.6 Å². The van der Waals surface area contributed by atoms with Crippen LogP contribution in [0.3, 0.4) is 0 Å². The van der Waals surface area contributed by atoms with Gasteiger partial charge in [-0.15, -0.1) is 0 Å². The van der Waals surface area contributed by atoms with Gasteiger partial charge in [0.15, 0.2) is 0 Å². The number of carbonyl (C=O) groups excluding carboxylic acids is 1. The monoisotopic (exact) mass is 254 g/mol. The zero-order valence-electron chi connectivity index (χ0n) is 11.1. The van der Waals surface area contributed by atoms with Crippen LogP contribution in [0.15, 0.2) is 0 Å². The lowest BCUT2D eigenvalue weighted by molar-refractivity contribution is -0.188. The number of esters is 1. The van der Waals surface area contributed by atoms with Gasteiger partial charge in [0.25, 0.3) is 0 Å². The van der Waals surface area contributed by atoms with Crippen LogP contribution >= 0.6 is 0 Å². The lowest BCUT2D eigenvalue weighted by Crippen LogP contribution is -2.38. The maximum absolute atomic E-state index is 12.2. The first-order chi connectivity index (χ1) is 8.66. The Morgan fingerprint density at radius 2 is 1.83 bits per heavy atom. The Balaban J connectivity index is 1.57. The maximum atomic E-state index is 12.2. The zero-order chi connectivity index (χ0) is 12.7. The van der Waals surface area contributed by atoms with E-state index in [1.54, 1.807) is 0 Å². The highest BCUT2D eigenvalue weighted by Crippen LogP contribution is 2.55. The third-order valence-corrected chi connectivity index (χ3v) is 5.26. The van der Waals surface area contributed by atoms with E-state index in [1.807, 2.05) is 0 Å². The van der Waals surface area contributed by atoms with Gasteiger partial charge in [0.05, 0.1) is 19.1 Å². The van der Waals surface area contributed by atoms with Crippen molar-refractivity contribution < 1.29 is 19.0 Å². The molecule has 0 aromatic rings. The highest BCUT2D eigenvalue weighted by Gasteiger charge is 2.51. The number of carbonyl (C=O) groups is 1. The summed E-state index contributed by atoms with van der Waals surface area (Å²) in [6.07, 6.45) is 2.02. The fourth-order valence-electron chi connectivity index (χ4n) is 4.00. The standard InChI is InChI=1S/C14H22O4/c1-8-9(2)12-3-10(8)4-13(12)14(15)18-11-5-16-7-17-6-11/h8-13H,3-7H2,1-2H3. The van der Waals surface area contributed by atoms with Crippen molar-refractivity contribution in [3.8, 4) is 0 Å². The summed E-state index contributed by atoms with van der Waals surface area (Å²) in [5, 5.41) is 0. The van der Waals surface area contributed by atoms with Gasteiger partial charge in [-0.1, -0.05) is 13.8 Å². The van der Waals surface area contributed by atoms with Crippen LogP contribution in [0.5, 0.6) is 0 Å². The summed E-state index contributed by atoms with van der Waals surface area (Å²) in [6.45, 7) is 5.86. The Hall–Kier alpha value is -0.610. The first kappa shape index (κ1) is 12.4. The highest BCUT2D eigenvalue weighted by atomic mass is 16.7. The Kier molecular flexibility index (Phi) is 3.32. The van der Waals surface area contributed by atoms with Gasteiger partial charge in [0.2, 0.25) is 0 Å². The molecule has 5 unspecified atom stereocenters. The van der Waals surface area contributed by atoms with E-state index < -0.39 is 0 Å². The third-order valence-electron chi connectivity index (χ3n) is 5.26. The zero-order valence-corrected chi connectivity index (χ0v) is 11.1. The number of ether oxygens (including phenoxy) is 3. The van der Waals surface area contributed by atoms with Crippen molar-refractivity contribution in [3.63, 3.8) is 0 Å². The fourth-order valence-corrected chi connectivity index (χ4v) is 4.00. The molecule has 0 spiro atoms. The molecule has 102 valence electrons. The van der Waals surface area contributed by atoms with E-state index in [2.05, 4.69) is 13.8 Å². The molecule has 2 bridgehead atoms. The van der Waals surface area contributed by atoms with Crippen LogP contribution in [0.4, 0.5) is 0 Å². The summed E-state index contributed by atoms with van der Waals surface area (Å²) >= 11 is 0. The van der Waals surface area contributed by atoms with Gasteiger partial charge < -0.3 is 14.2 Å². The predicted molar refractivity (Wildman–Crippen MR) is 64.7 cm³/mol. The number of rotatable bonds is 2. The van der Waals surface area contributed by atoms with Crippen molar-refractivity contribution in [1.82, 2.24) is 0 Å². The Morgan fingerprint density at radius 1 is 1.11 bits per heavy atom. The molecule has 1 saturated heterocycles. The minimum atomic E-state index is -0.210. The number of fused-ring (bicyclic) bond motifs is 2. The molecular formula is C14H22O4. The van der Waals surface area contributed by atoms with E-state index in [9.17, 15) is 4.79 Å². The largest absolute Gasteiger partial charge is 0.457 e. The van der Waals surface area contributed by atoms with Gasteiger partial charge in [-0.05, 0) is 36.5 Å². The van der Waals surface area contributed by atoms with Gasteiger partial charge in [0.1, 0.15) is 12.9 Å². The molecule has 0 radical (unpaired) electrons. The molecule has 0 aromatic heterocycles. The first-order valence-electron chi connectivity index (χ1n) is 7.02. The molecule has 0 N–H and O–H groups in total. The van der Waals surface area contributed by atoms with E-state index in [4.69, 9.17) is 14.2 Å². The lowest BCUT2D eigenvalue weighted by atomic mass is 9.76. The van der Waals surface area contributed by atoms with Crippen molar-refractivity contribution in [1.29, 1.82) is 0 Å². The van der Waals surface area contributed by atoms with Crippen LogP contribution in [0, 0.1) is 29.6 Å². The second-order valence-corrected chi connectivity index (χ2v) is 6.14. The summed E-state index contributed by atoms with van der Waals surface area (Å²) < 4.78 is 15.8. The van der Waals surface area contributed by atoms with Crippen LogP contribution in [0.25, 0.3) is 0 Å². The molecule has 4 nitrogen and oxygen atoms in total. The summed E-state index contributed by atoms with van der Waals surface area (Å²) in [4.78, 5) is 12.2. The Morgan fingerprint density at radius 3 is 2.44 bits per heavy atom. The van der Waals surface area contributed by atoms with E-state index in [1.165, 1.54) is 6.42 Å². The van der Waals surface area contributed by atoms with E-state index >= 15 is 0 Å². The van der Waals surface area contributed by atoms with Crippen LogP contribution in [-0.2, 0) is 19.0 Å². The summed E-state index contributed by atoms with van der Waals surface area (Å²) in [7, 11) is 0. The van der Waals surface area contributed by atoms with Crippen molar-refractivity contribution in [2.45, 2.75) is 32.8 Å². The number of hydrogen-bond donors (Lipinski definition) is 0. The average Bonchev–Trinajstić information content (AvgIpc) is 2.92. The molecule has 1 aliphatic heterocycles. The summed E-state index contributed by atoms with van der Waals surface area (Å²) in [5.41, 5.74) is 0. The molecule has 18 heavy (non-hydrogen) atoms. The summed E-state index contributed by atoms with van der Waals surface area (Å²) in [5.74, 6) is 2.76. The molecule has 0 amide bonds. The van der Waals surface area contributed by atoms with E-state index in [-0.39, 0.29) is 18.0 Å². The molecule has 4 heteroatoms. The first-order valence-corrected chi connectivity index (χ1v) is 7.02. The predicted octanol–water partition coefficient (Wildman–Crippen LogP) is 1.83. The number of hydrogen-bond acceptors (Lipinski definition) is 4.